The van der Waals surface area contributed by atoms with Crippen LogP contribution in [0.2, 0.25) is 0 Å². The zero-order valence-corrected chi connectivity index (χ0v) is 24.7. The van der Waals surface area contributed by atoms with Gasteiger partial charge in [0, 0.05) is 31.5 Å². The molecule has 0 saturated carbocycles. The van der Waals surface area contributed by atoms with Gasteiger partial charge in [0.05, 0.1) is 32.0 Å². The summed E-state index contributed by atoms with van der Waals surface area (Å²) in [4.78, 5) is 54.4. The highest BCUT2D eigenvalue weighted by molar-refractivity contribution is 6.10. The molecule has 10 nitrogen and oxygen atoms in total. The maximum atomic E-state index is 14.3. The first-order chi connectivity index (χ1) is 21.4. The summed E-state index contributed by atoms with van der Waals surface area (Å²) < 4.78 is 39.1. The molecule has 1 aromatic heterocycles. The van der Waals surface area contributed by atoms with Crippen LogP contribution in [0, 0.1) is 11.8 Å². The van der Waals surface area contributed by atoms with Gasteiger partial charge in [0.2, 0.25) is 17.7 Å². The number of carboxylic acid groups (broad SMARTS) is 1. The van der Waals surface area contributed by atoms with Crippen LogP contribution in [0.3, 0.4) is 0 Å². The van der Waals surface area contributed by atoms with E-state index >= 15 is 0 Å². The number of alkyl halides is 3. The van der Waals surface area contributed by atoms with Crippen molar-refractivity contribution in [2.24, 2.45) is 18.9 Å². The summed E-state index contributed by atoms with van der Waals surface area (Å²) >= 11 is 0. The summed E-state index contributed by atoms with van der Waals surface area (Å²) in [5.41, 5.74) is 1.65. The van der Waals surface area contributed by atoms with Crippen molar-refractivity contribution in [1.82, 2.24) is 19.7 Å². The zero-order chi connectivity index (χ0) is 32.5. The largest absolute Gasteiger partial charge is 0.497 e. The van der Waals surface area contributed by atoms with E-state index in [1.165, 1.54) is 4.90 Å². The Morgan fingerprint density at radius 3 is 2.24 bits per heavy atom. The summed E-state index contributed by atoms with van der Waals surface area (Å²) in [5.74, 6) is -4.04. The lowest BCUT2D eigenvalue weighted by Gasteiger charge is -2.42. The molecule has 0 radical (unpaired) electrons. The van der Waals surface area contributed by atoms with Gasteiger partial charge in [0.25, 0.3) is 0 Å². The molecule has 2 N–H and O–H groups in total. The minimum absolute atomic E-state index is 0.0985. The first-order valence-electron chi connectivity index (χ1n) is 14.4. The van der Waals surface area contributed by atoms with Crippen molar-refractivity contribution in [1.29, 1.82) is 0 Å². The Kier molecular flexibility index (Phi) is 8.74. The minimum atomic E-state index is -5.08. The minimum Gasteiger partial charge on any atom is -0.497 e. The highest BCUT2D eigenvalue weighted by Gasteiger charge is 2.69. The molecule has 0 unspecified atom stereocenters. The first kappa shape index (κ1) is 31.8. The fourth-order valence-electron chi connectivity index (χ4n) is 6.55. The second-order valence-electron chi connectivity index (χ2n) is 11.4. The number of imide groups is 1. The molecule has 2 aromatic carbocycles. The Morgan fingerprint density at radius 2 is 1.67 bits per heavy atom. The Balaban J connectivity index is 0.000000515. The lowest BCUT2D eigenvalue weighted by atomic mass is 9.74. The van der Waals surface area contributed by atoms with Gasteiger partial charge in [-0.05, 0) is 48.2 Å². The Hall–Kier alpha value is -4.65. The number of aliphatic carboxylic acids is 1. The van der Waals surface area contributed by atoms with E-state index in [1.807, 2.05) is 89.4 Å². The summed E-state index contributed by atoms with van der Waals surface area (Å²) in [7, 11) is 3.57. The van der Waals surface area contributed by atoms with Crippen molar-refractivity contribution >= 4 is 23.7 Å². The number of benzene rings is 2. The maximum absolute atomic E-state index is 14.3. The number of aromatic nitrogens is 1. The molecule has 3 fully saturated rings. The number of halogens is 3. The van der Waals surface area contributed by atoms with Crippen molar-refractivity contribution in [3.05, 3.63) is 89.7 Å². The number of hydrogen-bond acceptors (Lipinski definition) is 6. The highest BCUT2D eigenvalue weighted by atomic mass is 19.4. The first-order valence-corrected chi connectivity index (χ1v) is 14.4. The molecular formula is C32H33F3N4O6. The summed E-state index contributed by atoms with van der Waals surface area (Å²) in [6.07, 6.45) is -1.85. The second-order valence-corrected chi connectivity index (χ2v) is 11.4. The van der Waals surface area contributed by atoms with Gasteiger partial charge in [-0.3, -0.25) is 24.6 Å². The van der Waals surface area contributed by atoms with E-state index in [4.69, 9.17) is 14.6 Å². The lowest BCUT2D eigenvalue weighted by Crippen LogP contribution is -2.63. The van der Waals surface area contributed by atoms with Gasteiger partial charge in [0.15, 0.2) is 0 Å². The molecule has 45 heavy (non-hydrogen) atoms. The van der Waals surface area contributed by atoms with Crippen LogP contribution >= 0.6 is 0 Å². The van der Waals surface area contributed by atoms with E-state index in [1.54, 1.807) is 7.11 Å². The SMILES string of the molecule is COc1ccc([C@H]2N[C@]3(CCCN(Cc4cccn4C)C3=O)[C@H]3C(=O)N(Cc4ccccc4)C(=O)[C@@H]23)cc1.O=C(O)C(F)(F)F. The number of aryl methyl sites for hydroxylation is 1. The molecule has 3 aliphatic rings. The number of nitrogens with zero attached hydrogens (tertiary/aromatic N) is 3. The number of likely N-dealkylation sites (tertiary alicyclic amines) is 2. The van der Waals surface area contributed by atoms with Crippen molar-refractivity contribution in [2.45, 2.75) is 43.7 Å². The predicted molar refractivity (Wildman–Crippen MR) is 154 cm³/mol. The highest BCUT2D eigenvalue weighted by Crippen LogP contribution is 2.52. The van der Waals surface area contributed by atoms with Crippen molar-refractivity contribution in [2.75, 3.05) is 13.7 Å². The standard InChI is InChI=1S/C30H32N4O4.C2HF3O2/c1-32-16-6-10-22(32)19-33-17-7-15-30(29(33)37)25-24(26(31-30)21-11-13-23(38-2)14-12-21)27(35)34(28(25)36)18-20-8-4-3-5-9-20;3-2(4,5)1(6)7/h3-6,8-14,16,24-26,31H,7,15,17-19H2,1-2H3;(H,6,7)/t24-,25-,26-,30-;/m1./s1. The van der Waals surface area contributed by atoms with E-state index in [-0.39, 0.29) is 24.3 Å². The number of fused-ring (bicyclic) bond motifs is 2. The van der Waals surface area contributed by atoms with Crippen LogP contribution in [0.15, 0.2) is 72.9 Å². The molecule has 4 atom stereocenters. The number of carbonyl (C=O) groups is 4. The van der Waals surface area contributed by atoms with Crippen LogP contribution in [-0.2, 0) is 39.3 Å². The molecule has 3 amide bonds. The maximum Gasteiger partial charge on any atom is 0.490 e. The number of nitrogens with one attached hydrogen (secondary N) is 1. The Morgan fingerprint density at radius 1 is 1.00 bits per heavy atom. The normalized spacial score (nSPS) is 24.5. The van der Waals surface area contributed by atoms with Gasteiger partial charge in [-0.1, -0.05) is 42.5 Å². The Bertz CT molecular complexity index is 1580. The third kappa shape index (κ3) is 6.04. The van der Waals surface area contributed by atoms with Gasteiger partial charge in [-0.25, -0.2) is 4.79 Å². The number of hydrogen-bond donors (Lipinski definition) is 2. The number of amides is 3. The third-order valence-electron chi connectivity index (χ3n) is 8.72. The van der Waals surface area contributed by atoms with Gasteiger partial charge in [-0.2, -0.15) is 13.2 Å². The van der Waals surface area contributed by atoms with E-state index < -0.39 is 35.6 Å². The van der Waals surface area contributed by atoms with Crippen LogP contribution in [-0.4, -0.2) is 68.5 Å². The summed E-state index contributed by atoms with van der Waals surface area (Å²) in [6.45, 7) is 1.29. The number of piperidine rings is 1. The smallest absolute Gasteiger partial charge is 0.490 e. The summed E-state index contributed by atoms with van der Waals surface area (Å²) in [6, 6.07) is 20.6. The number of methoxy groups -OCH3 is 1. The summed E-state index contributed by atoms with van der Waals surface area (Å²) in [5, 5.41) is 10.7. The molecule has 3 aliphatic heterocycles. The molecule has 0 aliphatic carbocycles. The van der Waals surface area contributed by atoms with Crippen molar-refractivity contribution in [3.63, 3.8) is 0 Å². The van der Waals surface area contributed by atoms with E-state index in [0.29, 0.717) is 25.3 Å². The quantitative estimate of drug-likeness (QED) is 0.401. The monoisotopic (exact) mass is 626 g/mol. The number of carbonyl (C=O) groups excluding carboxylic acids is 3. The fraction of sp³-hybridized carbons (Fsp3) is 0.375. The van der Waals surface area contributed by atoms with Crippen LogP contribution in [0.5, 0.6) is 5.75 Å². The molecule has 0 bridgehead atoms. The number of carboxylic acids is 1. The predicted octanol–water partition coefficient (Wildman–Crippen LogP) is 3.67. The number of ether oxygens (including phenoxy) is 1. The van der Waals surface area contributed by atoms with Crippen LogP contribution in [0.25, 0.3) is 0 Å². The van der Waals surface area contributed by atoms with Crippen molar-refractivity contribution < 1.29 is 42.2 Å². The van der Waals surface area contributed by atoms with Gasteiger partial charge >= 0.3 is 12.1 Å². The van der Waals surface area contributed by atoms with E-state index in [9.17, 15) is 27.6 Å². The topological polar surface area (TPSA) is 121 Å². The zero-order valence-electron chi connectivity index (χ0n) is 24.7. The molecular weight excluding hydrogens is 593 g/mol. The van der Waals surface area contributed by atoms with Gasteiger partial charge in [-0.15, -0.1) is 0 Å². The van der Waals surface area contributed by atoms with E-state index in [2.05, 4.69) is 5.32 Å². The molecule has 6 rings (SSSR count). The molecule has 4 heterocycles. The number of rotatable bonds is 6. The van der Waals surface area contributed by atoms with Crippen LogP contribution in [0.1, 0.15) is 35.7 Å². The Labute approximate surface area is 257 Å². The third-order valence-corrected chi connectivity index (χ3v) is 8.72. The average molecular weight is 627 g/mol. The second kappa shape index (κ2) is 12.4. The molecule has 13 heteroatoms. The molecule has 238 valence electrons. The average Bonchev–Trinajstić information content (AvgIpc) is 3.66. The van der Waals surface area contributed by atoms with E-state index in [0.717, 1.165) is 23.2 Å². The van der Waals surface area contributed by atoms with Crippen molar-refractivity contribution in [3.8, 4) is 5.75 Å². The molecule has 1 spiro atoms. The van der Waals surface area contributed by atoms with Crippen LogP contribution < -0.4 is 10.1 Å². The molecule has 3 aromatic rings. The fourth-order valence-corrected chi connectivity index (χ4v) is 6.55. The lowest BCUT2D eigenvalue weighted by molar-refractivity contribution is -0.192. The molecule has 3 saturated heterocycles. The van der Waals surface area contributed by atoms with Gasteiger partial charge < -0.3 is 19.3 Å². The van der Waals surface area contributed by atoms with Crippen LogP contribution in [0.4, 0.5) is 13.2 Å². The van der Waals surface area contributed by atoms with Gasteiger partial charge in [0.1, 0.15) is 11.3 Å².